The van der Waals surface area contributed by atoms with Gasteiger partial charge in [-0.3, -0.25) is 0 Å². The molecule has 0 amide bonds. The molecule has 0 aliphatic rings. The molecule has 0 atom stereocenters. The standard InChI is InChI=1S/C12H8ClN3/c13-9-6-10-12(14-7-9)16-11(15-10)8-4-2-1-3-5-8/h1-7H,(H,14,15,16). The number of aromatic nitrogens is 3. The molecule has 3 aromatic rings. The second-order valence-electron chi connectivity index (χ2n) is 3.48. The van der Waals surface area contributed by atoms with Gasteiger partial charge in [0.05, 0.1) is 10.5 Å². The van der Waals surface area contributed by atoms with E-state index in [4.69, 9.17) is 11.6 Å². The Morgan fingerprint density at radius 3 is 2.75 bits per heavy atom. The maximum atomic E-state index is 5.86. The highest BCUT2D eigenvalue weighted by Crippen LogP contribution is 2.20. The quantitative estimate of drug-likeness (QED) is 0.696. The molecule has 0 bridgehead atoms. The van der Waals surface area contributed by atoms with Gasteiger partial charge in [-0.25, -0.2) is 9.97 Å². The molecule has 1 aromatic carbocycles. The number of halogens is 1. The average Bonchev–Trinajstić information content (AvgIpc) is 2.73. The van der Waals surface area contributed by atoms with E-state index in [1.165, 1.54) is 0 Å². The predicted octanol–water partition coefficient (Wildman–Crippen LogP) is 3.28. The Kier molecular flexibility index (Phi) is 2.11. The first-order chi connectivity index (χ1) is 7.83. The molecule has 0 saturated carbocycles. The van der Waals surface area contributed by atoms with Gasteiger partial charge in [0, 0.05) is 11.8 Å². The molecule has 0 unspecified atom stereocenters. The third-order valence-corrected chi connectivity index (χ3v) is 2.56. The van der Waals surface area contributed by atoms with E-state index in [9.17, 15) is 0 Å². The van der Waals surface area contributed by atoms with Crippen LogP contribution >= 0.6 is 11.6 Å². The van der Waals surface area contributed by atoms with Crippen molar-refractivity contribution in [3.63, 3.8) is 0 Å². The first-order valence-electron chi connectivity index (χ1n) is 4.89. The minimum Gasteiger partial charge on any atom is -0.337 e. The fourth-order valence-corrected chi connectivity index (χ4v) is 1.77. The van der Waals surface area contributed by atoms with Gasteiger partial charge in [-0.2, -0.15) is 0 Å². The number of hydrogen-bond acceptors (Lipinski definition) is 2. The van der Waals surface area contributed by atoms with Gasteiger partial charge in [0.1, 0.15) is 5.82 Å². The van der Waals surface area contributed by atoms with Gasteiger partial charge in [0.15, 0.2) is 5.65 Å². The van der Waals surface area contributed by atoms with Crippen LogP contribution in [0.3, 0.4) is 0 Å². The third-order valence-electron chi connectivity index (χ3n) is 2.35. The van der Waals surface area contributed by atoms with Gasteiger partial charge in [0.25, 0.3) is 0 Å². The molecule has 78 valence electrons. The maximum Gasteiger partial charge on any atom is 0.178 e. The summed E-state index contributed by atoms with van der Waals surface area (Å²) in [7, 11) is 0. The zero-order valence-corrected chi connectivity index (χ0v) is 9.07. The zero-order chi connectivity index (χ0) is 11.0. The van der Waals surface area contributed by atoms with Gasteiger partial charge in [-0.15, -0.1) is 0 Å². The normalized spacial score (nSPS) is 10.8. The second-order valence-corrected chi connectivity index (χ2v) is 3.91. The molecule has 3 rings (SSSR count). The summed E-state index contributed by atoms with van der Waals surface area (Å²) in [5, 5.41) is 0.607. The van der Waals surface area contributed by atoms with Crippen LogP contribution in [0.15, 0.2) is 42.6 Å². The van der Waals surface area contributed by atoms with E-state index in [-0.39, 0.29) is 0 Å². The maximum absolute atomic E-state index is 5.86. The molecular weight excluding hydrogens is 222 g/mol. The first-order valence-corrected chi connectivity index (χ1v) is 5.27. The number of H-pyrrole nitrogens is 1. The van der Waals surface area contributed by atoms with Crippen LogP contribution in [0, 0.1) is 0 Å². The van der Waals surface area contributed by atoms with Crippen molar-refractivity contribution in [1.82, 2.24) is 15.0 Å². The van der Waals surface area contributed by atoms with Gasteiger partial charge in [0.2, 0.25) is 0 Å². The van der Waals surface area contributed by atoms with Crippen molar-refractivity contribution >= 4 is 22.8 Å². The Hall–Kier alpha value is -1.87. The summed E-state index contributed by atoms with van der Waals surface area (Å²) in [6, 6.07) is 11.7. The molecule has 0 aliphatic heterocycles. The number of imidazole rings is 1. The summed E-state index contributed by atoms with van der Waals surface area (Å²) in [5.41, 5.74) is 2.58. The monoisotopic (exact) mass is 229 g/mol. The lowest BCUT2D eigenvalue weighted by atomic mass is 10.2. The van der Waals surface area contributed by atoms with Crippen molar-refractivity contribution in [2.45, 2.75) is 0 Å². The minimum atomic E-state index is 0.607. The number of rotatable bonds is 1. The Labute approximate surface area is 97.1 Å². The topological polar surface area (TPSA) is 41.6 Å². The summed E-state index contributed by atoms with van der Waals surface area (Å²) in [6.45, 7) is 0. The van der Waals surface area contributed by atoms with Crippen LogP contribution in [0.2, 0.25) is 5.02 Å². The molecule has 2 aromatic heterocycles. The largest absolute Gasteiger partial charge is 0.337 e. The van der Waals surface area contributed by atoms with Gasteiger partial charge >= 0.3 is 0 Å². The molecule has 16 heavy (non-hydrogen) atoms. The van der Waals surface area contributed by atoms with Crippen LogP contribution in [-0.4, -0.2) is 15.0 Å². The van der Waals surface area contributed by atoms with Crippen molar-refractivity contribution in [1.29, 1.82) is 0 Å². The molecule has 0 saturated heterocycles. The van der Waals surface area contributed by atoms with Crippen LogP contribution in [-0.2, 0) is 0 Å². The third kappa shape index (κ3) is 1.55. The van der Waals surface area contributed by atoms with Crippen molar-refractivity contribution in [2.24, 2.45) is 0 Å². The van der Waals surface area contributed by atoms with Crippen LogP contribution in [0.5, 0.6) is 0 Å². The van der Waals surface area contributed by atoms with E-state index < -0.39 is 0 Å². The lowest BCUT2D eigenvalue weighted by Gasteiger charge is -1.93. The van der Waals surface area contributed by atoms with Crippen LogP contribution in [0.1, 0.15) is 0 Å². The second kappa shape index (κ2) is 3.61. The van der Waals surface area contributed by atoms with E-state index in [0.717, 1.165) is 16.9 Å². The SMILES string of the molecule is Clc1cnc2nc(-c3ccccc3)[nH]c2c1. The van der Waals surface area contributed by atoms with Crippen LogP contribution in [0.25, 0.3) is 22.6 Å². The van der Waals surface area contributed by atoms with E-state index >= 15 is 0 Å². The van der Waals surface area contributed by atoms with Gasteiger partial charge in [-0.05, 0) is 6.07 Å². The van der Waals surface area contributed by atoms with E-state index in [1.807, 2.05) is 36.4 Å². The summed E-state index contributed by atoms with van der Waals surface area (Å²) < 4.78 is 0. The van der Waals surface area contributed by atoms with Gasteiger partial charge in [-0.1, -0.05) is 41.9 Å². The molecule has 3 nitrogen and oxygen atoms in total. The molecule has 0 spiro atoms. The number of fused-ring (bicyclic) bond motifs is 1. The van der Waals surface area contributed by atoms with Crippen LogP contribution in [0.4, 0.5) is 0 Å². The molecule has 4 heteroatoms. The van der Waals surface area contributed by atoms with Crippen molar-refractivity contribution in [3.8, 4) is 11.4 Å². The number of hydrogen-bond donors (Lipinski definition) is 1. The fourth-order valence-electron chi connectivity index (χ4n) is 1.61. The lowest BCUT2D eigenvalue weighted by Crippen LogP contribution is -1.78. The summed E-state index contributed by atoms with van der Waals surface area (Å²) >= 11 is 5.86. The summed E-state index contributed by atoms with van der Waals surface area (Å²) in [6.07, 6.45) is 1.60. The molecule has 1 N–H and O–H groups in total. The first kappa shape index (κ1) is 9.36. The number of pyridine rings is 1. The number of aromatic amines is 1. The molecule has 2 heterocycles. The Balaban J connectivity index is 2.19. The number of nitrogens with one attached hydrogen (secondary N) is 1. The average molecular weight is 230 g/mol. The Morgan fingerprint density at radius 2 is 1.94 bits per heavy atom. The number of nitrogens with zero attached hydrogens (tertiary/aromatic N) is 2. The smallest absolute Gasteiger partial charge is 0.178 e. The van der Waals surface area contributed by atoms with E-state index in [0.29, 0.717) is 10.7 Å². The highest BCUT2D eigenvalue weighted by Gasteiger charge is 2.05. The molecule has 0 aliphatic carbocycles. The highest BCUT2D eigenvalue weighted by atomic mass is 35.5. The van der Waals surface area contributed by atoms with E-state index in [2.05, 4.69) is 15.0 Å². The molecule has 0 radical (unpaired) electrons. The van der Waals surface area contributed by atoms with Crippen molar-refractivity contribution in [3.05, 3.63) is 47.6 Å². The Bertz CT molecular complexity index is 631. The van der Waals surface area contributed by atoms with Crippen molar-refractivity contribution < 1.29 is 0 Å². The van der Waals surface area contributed by atoms with Gasteiger partial charge < -0.3 is 4.98 Å². The number of benzene rings is 1. The fraction of sp³-hybridized carbons (Fsp3) is 0. The lowest BCUT2D eigenvalue weighted by molar-refractivity contribution is 1.30. The van der Waals surface area contributed by atoms with Crippen LogP contribution < -0.4 is 0 Å². The predicted molar refractivity (Wildman–Crippen MR) is 64.3 cm³/mol. The summed E-state index contributed by atoms with van der Waals surface area (Å²) in [4.78, 5) is 11.7. The Morgan fingerprint density at radius 1 is 1.12 bits per heavy atom. The van der Waals surface area contributed by atoms with Crippen molar-refractivity contribution in [2.75, 3.05) is 0 Å². The molecular formula is C12H8ClN3. The zero-order valence-electron chi connectivity index (χ0n) is 8.31. The molecule has 0 fully saturated rings. The minimum absolute atomic E-state index is 0.607. The highest BCUT2D eigenvalue weighted by molar-refractivity contribution is 6.31. The summed E-state index contributed by atoms with van der Waals surface area (Å²) in [5.74, 6) is 0.811. The van der Waals surface area contributed by atoms with E-state index in [1.54, 1.807) is 6.20 Å².